The molecule has 0 atom stereocenters. The number of pyridine rings is 2. The van der Waals surface area contributed by atoms with Crippen LogP contribution in [-0.4, -0.2) is 15.9 Å². The molecule has 0 saturated carbocycles. The molecule has 2 N–H and O–H groups in total. The van der Waals surface area contributed by atoms with Gasteiger partial charge in [-0.2, -0.15) is 0 Å². The minimum absolute atomic E-state index is 0.286. The van der Waals surface area contributed by atoms with Crippen molar-refractivity contribution in [1.29, 1.82) is 0 Å². The van der Waals surface area contributed by atoms with Crippen molar-refractivity contribution in [3.8, 4) is 0 Å². The predicted octanol–water partition coefficient (Wildman–Crippen LogP) is 5.28. The number of carbonyl (C=O) groups excluding carboxylic acids is 1. The minimum Gasteiger partial charge on any atom is -0.354 e. The summed E-state index contributed by atoms with van der Waals surface area (Å²) in [4.78, 5) is 21.1. The molecule has 0 saturated heterocycles. The van der Waals surface area contributed by atoms with Gasteiger partial charge >= 0.3 is 0 Å². The molecular weight excluding hydrogens is 360 g/mol. The van der Waals surface area contributed by atoms with Crippen LogP contribution in [0.1, 0.15) is 10.5 Å². The molecule has 2 heterocycles. The number of nitrogens with zero attached hydrogens (tertiary/aromatic N) is 2. The number of aromatic nitrogens is 2. The molecule has 0 aliphatic heterocycles. The Balaban J connectivity index is 1.50. The zero-order chi connectivity index (χ0) is 18.6. The molecule has 5 nitrogen and oxygen atoms in total. The van der Waals surface area contributed by atoms with Gasteiger partial charge in [-0.25, -0.2) is 4.98 Å². The van der Waals surface area contributed by atoms with E-state index in [4.69, 9.17) is 11.6 Å². The van der Waals surface area contributed by atoms with Crippen LogP contribution in [-0.2, 0) is 0 Å². The Kier molecular flexibility index (Phi) is 4.68. The fraction of sp³-hybridized carbons (Fsp3) is 0. The molecule has 0 radical (unpaired) electrons. The van der Waals surface area contributed by atoms with Gasteiger partial charge in [-0.1, -0.05) is 29.8 Å². The molecule has 2 aromatic heterocycles. The second kappa shape index (κ2) is 7.43. The molecule has 27 heavy (non-hydrogen) atoms. The van der Waals surface area contributed by atoms with Gasteiger partial charge in [0.2, 0.25) is 0 Å². The quantitative estimate of drug-likeness (QED) is 0.510. The molecule has 6 heteroatoms. The van der Waals surface area contributed by atoms with Gasteiger partial charge in [0, 0.05) is 22.3 Å². The second-order valence-corrected chi connectivity index (χ2v) is 6.34. The van der Waals surface area contributed by atoms with Gasteiger partial charge in [0.1, 0.15) is 5.69 Å². The summed E-state index contributed by atoms with van der Waals surface area (Å²) in [6.45, 7) is 0. The number of anilines is 3. The topological polar surface area (TPSA) is 66.9 Å². The van der Waals surface area contributed by atoms with E-state index in [1.165, 1.54) is 0 Å². The molecule has 1 amide bonds. The zero-order valence-electron chi connectivity index (χ0n) is 14.2. The third-order valence-corrected chi connectivity index (χ3v) is 4.26. The fourth-order valence-electron chi connectivity index (χ4n) is 2.69. The van der Waals surface area contributed by atoms with E-state index < -0.39 is 0 Å². The Morgan fingerprint density at radius 1 is 0.852 bits per heavy atom. The van der Waals surface area contributed by atoms with Gasteiger partial charge in [-0.3, -0.25) is 9.78 Å². The normalized spacial score (nSPS) is 10.6. The highest BCUT2D eigenvalue weighted by Gasteiger charge is 2.10. The van der Waals surface area contributed by atoms with Crippen LogP contribution in [0.5, 0.6) is 0 Å². The summed E-state index contributed by atoms with van der Waals surface area (Å²) in [6.07, 6.45) is 3.32. The number of fused-ring (bicyclic) bond motifs is 1. The Labute approximate surface area is 161 Å². The average molecular weight is 375 g/mol. The predicted molar refractivity (Wildman–Crippen MR) is 109 cm³/mol. The lowest BCUT2D eigenvalue weighted by Gasteiger charge is -2.09. The molecule has 4 aromatic rings. The molecule has 0 unspecified atom stereocenters. The summed E-state index contributed by atoms with van der Waals surface area (Å²) >= 11 is 5.88. The van der Waals surface area contributed by atoms with Crippen LogP contribution in [0.3, 0.4) is 0 Å². The first-order valence-corrected chi connectivity index (χ1v) is 8.70. The van der Waals surface area contributed by atoms with E-state index in [9.17, 15) is 4.79 Å². The van der Waals surface area contributed by atoms with Crippen molar-refractivity contribution in [3.05, 3.63) is 89.8 Å². The SMILES string of the molecule is O=C(Nc1cccc2cccnc12)c1ccc(Nc2ccc(Cl)cc2)cn1. The average Bonchev–Trinajstić information content (AvgIpc) is 2.70. The number of hydrogen-bond acceptors (Lipinski definition) is 4. The maximum atomic E-state index is 12.5. The van der Waals surface area contributed by atoms with Crippen molar-refractivity contribution >= 4 is 45.5 Å². The van der Waals surface area contributed by atoms with Crippen LogP contribution in [0.15, 0.2) is 79.1 Å². The third-order valence-electron chi connectivity index (χ3n) is 4.01. The van der Waals surface area contributed by atoms with E-state index in [-0.39, 0.29) is 5.91 Å². The van der Waals surface area contributed by atoms with Crippen molar-refractivity contribution in [3.63, 3.8) is 0 Å². The van der Waals surface area contributed by atoms with Crippen LogP contribution < -0.4 is 10.6 Å². The summed E-state index contributed by atoms with van der Waals surface area (Å²) in [7, 11) is 0. The van der Waals surface area contributed by atoms with Gasteiger partial charge in [0.25, 0.3) is 5.91 Å². The Hall–Kier alpha value is -3.44. The molecule has 0 spiro atoms. The number of carbonyl (C=O) groups is 1. The number of benzene rings is 2. The van der Waals surface area contributed by atoms with Gasteiger partial charge in [-0.15, -0.1) is 0 Å². The number of para-hydroxylation sites is 1. The van der Waals surface area contributed by atoms with Crippen LogP contribution in [0.25, 0.3) is 10.9 Å². The second-order valence-electron chi connectivity index (χ2n) is 5.90. The molecule has 0 bridgehead atoms. The molecule has 0 fully saturated rings. The number of rotatable bonds is 4. The molecule has 2 aromatic carbocycles. The first-order chi connectivity index (χ1) is 13.2. The van der Waals surface area contributed by atoms with E-state index in [1.54, 1.807) is 36.7 Å². The molecule has 0 aliphatic carbocycles. The summed E-state index contributed by atoms with van der Waals surface area (Å²) in [5, 5.41) is 7.72. The van der Waals surface area contributed by atoms with Crippen molar-refractivity contribution in [1.82, 2.24) is 9.97 Å². The van der Waals surface area contributed by atoms with E-state index in [0.717, 1.165) is 22.3 Å². The summed E-state index contributed by atoms with van der Waals surface area (Å²) in [5.74, 6) is -0.286. The minimum atomic E-state index is -0.286. The fourth-order valence-corrected chi connectivity index (χ4v) is 2.82. The Morgan fingerprint density at radius 2 is 1.63 bits per heavy atom. The Bertz CT molecular complexity index is 1090. The lowest BCUT2D eigenvalue weighted by atomic mass is 10.2. The number of nitrogens with one attached hydrogen (secondary N) is 2. The molecule has 132 valence electrons. The van der Waals surface area contributed by atoms with Crippen LogP contribution >= 0.6 is 11.6 Å². The first kappa shape index (κ1) is 17.0. The first-order valence-electron chi connectivity index (χ1n) is 8.33. The maximum absolute atomic E-state index is 12.5. The summed E-state index contributed by atoms with van der Waals surface area (Å²) in [6, 6.07) is 20.3. The lowest BCUT2D eigenvalue weighted by molar-refractivity contribution is 0.102. The number of halogens is 1. The highest BCUT2D eigenvalue weighted by atomic mass is 35.5. The van der Waals surface area contributed by atoms with Crippen LogP contribution in [0.4, 0.5) is 17.1 Å². The van der Waals surface area contributed by atoms with Crippen molar-refractivity contribution in [2.45, 2.75) is 0 Å². The third kappa shape index (κ3) is 3.88. The standard InChI is InChI=1S/C21H15ClN4O/c22-15-6-8-16(9-7-15)25-17-10-11-19(24-13-17)21(27)26-18-5-1-3-14-4-2-12-23-20(14)18/h1-13,25H,(H,26,27). The molecule has 0 aliphatic rings. The maximum Gasteiger partial charge on any atom is 0.274 e. The smallest absolute Gasteiger partial charge is 0.274 e. The zero-order valence-corrected chi connectivity index (χ0v) is 14.9. The number of amides is 1. The van der Waals surface area contributed by atoms with Crippen molar-refractivity contribution in [2.75, 3.05) is 10.6 Å². The summed E-state index contributed by atoms with van der Waals surface area (Å²) in [5.41, 5.74) is 3.39. The van der Waals surface area contributed by atoms with Crippen molar-refractivity contribution in [2.24, 2.45) is 0 Å². The van der Waals surface area contributed by atoms with Crippen LogP contribution in [0.2, 0.25) is 5.02 Å². The van der Waals surface area contributed by atoms with Crippen LogP contribution in [0, 0.1) is 0 Å². The Morgan fingerprint density at radius 3 is 2.41 bits per heavy atom. The van der Waals surface area contributed by atoms with Gasteiger partial charge in [0.05, 0.1) is 23.1 Å². The highest BCUT2D eigenvalue weighted by molar-refractivity contribution is 6.30. The van der Waals surface area contributed by atoms with Crippen molar-refractivity contribution < 1.29 is 4.79 Å². The molecular formula is C21H15ClN4O. The van der Waals surface area contributed by atoms with E-state index in [1.807, 2.05) is 42.5 Å². The molecule has 4 rings (SSSR count). The highest BCUT2D eigenvalue weighted by Crippen LogP contribution is 2.22. The number of hydrogen-bond donors (Lipinski definition) is 2. The van der Waals surface area contributed by atoms with Gasteiger partial charge in [0.15, 0.2) is 0 Å². The van der Waals surface area contributed by atoms with Gasteiger partial charge in [-0.05, 0) is 48.5 Å². The largest absolute Gasteiger partial charge is 0.354 e. The van der Waals surface area contributed by atoms with E-state index in [0.29, 0.717) is 16.4 Å². The van der Waals surface area contributed by atoms with E-state index in [2.05, 4.69) is 20.6 Å². The lowest BCUT2D eigenvalue weighted by Crippen LogP contribution is -2.14. The van der Waals surface area contributed by atoms with E-state index >= 15 is 0 Å². The van der Waals surface area contributed by atoms with Gasteiger partial charge < -0.3 is 10.6 Å². The summed E-state index contributed by atoms with van der Waals surface area (Å²) < 4.78 is 0. The monoisotopic (exact) mass is 374 g/mol.